The molecule has 0 aromatic heterocycles. The number of nitrogens with two attached hydrogens (primary N) is 1. The highest BCUT2D eigenvalue weighted by Crippen LogP contribution is 2.19. The van der Waals surface area contributed by atoms with E-state index in [1.807, 2.05) is 6.92 Å². The van der Waals surface area contributed by atoms with Crippen LogP contribution < -0.4 is 5.73 Å². The normalized spacial score (nSPS) is 22.9. The van der Waals surface area contributed by atoms with Crippen molar-refractivity contribution in [2.75, 3.05) is 6.54 Å². The van der Waals surface area contributed by atoms with Crippen LogP contribution in [-0.2, 0) is 11.2 Å². The lowest BCUT2D eigenvalue weighted by Crippen LogP contribution is -2.48. The smallest absolute Gasteiger partial charge is 0.223 e. The number of hydrogen-bond acceptors (Lipinski definition) is 2. The van der Waals surface area contributed by atoms with Gasteiger partial charge in [0.15, 0.2) is 11.6 Å². The molecule has 2 N–H and O–H groups in total. The summed E-state index contributed by atoms with van der Waals surface area (Å²) in [5.74, 6) is -1.74. The standard InChI is InChI=1S/C15H20F2N2O/c1-10-9-12(18)7-8-19(10)14(20)6-5-11-3-2-4-13(16)15(11)17/h2-4,10,12H,5-9,18H2,1H3/t10-,12-/m1/s1. The predicted molar refractivity (Wildman–Crippen MR) is 73.1 cm³/mol. The van der Waals surface area contributed by atoms with Crippen LogP contribution in [0.4, 0.5) is 8.78 Å². The van der Waals surface area contributed by atoms with Crippen molar-refractivity contribution < 1.29 is 13.6 Å². The fourth-order valence-corrected chi connectivity index (χ4v) is 2.71. The summed E-state index contributed by atoms with van der Waals surface area (Å²) in [4.78, 5) is 13.9. The molecular formula is C15H20F2N2O. The van der Waals surface area contributed by atoms with Gasteiger partial charge in [-0.05, 0) is 37.8 Å². The zero-order chi connectivity index (χ0) is 14.7. The van der Waals surface area contributed by atoms with E-state index in [2.05, 4.69) is 0 Å². The lowest BCUT2D eigenvalue weighted by atomic mass is 9.98. The second-order valence-electron chi connectivity index (χ2n) is 5.43. The summed E-state index contributed by atoms with van der Waals surface area (Å²) in [6.07, 6.45) is 2.00. The third-order valence-corrected chi connectivity index (χ3v) is 3.88. The van der Waals surface area contributed by atoms with Gasteiger partial charge in [0.25, 0.3) is 0 Å². The van der Waals surface area contributed by atoms with Crippen molar-refractivity contribution in [1.29, 1.82) is 0 Å². The monoisotopic (exact) mass is 282 g/mol. The highest BCUT2D eigenvalue weighted by atomic mass is 19.2. The Kier molecular flexibility index (Phi) is 4.70. The van der Waals surface area contributed by atoms with Crippen molar-refractivity contribution >= 4 is 5.91 Å². The zero-order valence-electron chi connectivity index (χ0n) is 11.6. The Labute approximate surface area is 117 Å². The van der Waals surface area contributed by atoms with E-state index in [4.69, 9.17) is 5.73 Å². The van der Waals surface area contributed by atoms with Gasteiger partial charge in [0, 0.05) is 25.0 Å². The molecule has 1 amide bonds. The topological polar surface area (TPSA) is 46.3 Å². The SMILES string of the molecule is C[C@@H]1C[C@H](N)CCN1C(=O)CCc1cccc(F)c1F. The predicted octanol–water partition coefficient (Wildman–Crippen LogP) is 2.24. The first kappa shape index (κ1) is 14.9. The fourth-order valence-electron chi connectivity index (χ4n) is 2.71. The molecule has 0 bridgehead atoms. The molecule has 0 spiro atoms. The van der Waals surface area contributed by atoms with Crippen LogP contribution in [0.15, 0.2) is 18.2 Å². The summed E-state index contributed by atoms with van der Waals surface area (Å²) in [6, 6.07) is 4.31. The van der Waals surface area contributed by atoms with Crippen molar-refractivity contribution in [2.24, 2.45) is 5.73 Å². The molecular weight excluding hydrogens is 262 g/mol. The molecule has 0 aliphatic carbocycles. The average molecular weight is 282 g/mol. The number of piperidine rings is 1. The number of rotatable bonds is 3. The lowest BCUT2D eigenvalue weighted by Gasteiger charge is -2.36. The third kappa shape index (κ3) is 3.33. The van der Waals surface area contributed by atoms with Gasteiger partial charge >= 0.3 is 0 Å². The molecule has 2 atom stereocenters. The van der Waals surface area contributed by atoms with E-state index in [0.717, 1.165) is 18.9 Å². The van der Waals surface area contributed by atoms with Crippen LogP contribution in [-0.4, -0.2) is 29.4 Å². The van der Waals surface area contributed by atoms with Crippen molar-refractivity contribution in [3.63, 3.8) is 0 Å². The van der Waals surface area contributed by atoms with Crippen molar-refractivity contribution in [2.45, 2.75) is 44.7 Å². The van der Waals surface area contributed by atoms with Crippen LogP contribution in [0.1, 0.15) is 31.7 Å². The second-order valence-corrected chi connectivity index (χ2v) is 5.43. The molecule has 20 heavy (non-hydrogen) atoms. The van der Waals surface area contributed by atoms with Crippen LogP contribution in [0.3, 0.4) is 0 Å². The quantitative estimate of drug-likeness (QED) is 0.924. The number of hydrogen-bond donors (Lipinski definition) is 1. The summed E-state index contributed by atoms with van der Waals surface area (Å²) in [6.45, 7) is 2.62. The Morgan fingerprint density at radius 1 is 1.45 bits per heavy atom. The van der Waals surface area contributed by atoms with E-state index in [9.17, 15) is 13.6 Å². The summed E-state index contributed by atoms with van der Waals surface area (Å²) in [5, 5.41) is 0. The summed E-state index contributed by atoms with van der Waals surface area (Å²) in [5.41, 5.74) is 6.11. The van der Waals surface area contributed by atoms with Gasteiger partial charge in [-0.1, -0.05) is 12.1 Å². The molecule has 5 heteroatoms. The van der Waals surface area contributed by atoms with Crippen molar-refractivity contribution in [1.82, 2.24) is 4.90 Å². The first-order valence-electron chi connectivity index (χ1n) is 6.97. The van der Waals surface area contributed by atoms with Crippen LogP contribution in [0, 0.1) is 11.6 Å². The van der Waals surface area contributed by atoms with Crippen LogP contribution >= 0.6 is 0 Å². The van der Waals surface area contributed by atoms with Gasteiger partial charge in [-0.2, -0.15) is 0 Å². The molecule has 1 aromatic rings. The van der Waals surface area contributed by atoms with Gasteiger partial charge in [0.05, 0.1) is 0 Å². The number of carbonyl (C=O) groups excluding carboxylic acids is 1. The minimum absolute atomic E-state index is 0.0203. The molecule has 110 valence electrons. The maximum absolute atomic E-state index is 13.5. The molecule has 0 unspecified atom stereocenters. The van der Waals surface area contributed by atoms with E-state index in [1.54, 1.807) is 4.90 Å². The molecule has 1 aromatic carbocycles. The second kappa shape index (κ2) is 6.31. The minimum Gasteiger partial charge on any atom is -0.340 e. The molecule has 0 radical (unpaired) electrons. The van der Waals surface area contributed by atoms with Gasteiger partial charge in [-0.15, -0.1) is 0 Å². The van der Waals surface area contributed by atoms with E-state index in [1.165, 1.54) is 12.1 Å². The highest BCUT2D eigenvalue weighted by Gasteiger charge is 2.26. The van der Waals surface area contributed by atoms with E-state index in [0.29, 0.717) is 6.54 Å². The maximum atomic E-state index is 13.5. The van der Waals surface area contributed by atoms with Crippen LogP contribution in [0.2, 0.25) is 0 Å². The Hall–Kier alpha value is -1.49. The van der Waals surface area contributed by atoms with E-state index < -0.39 is 11.6 Å². The van der Waals surface area contributed by atoms with Gasteiger partial charge in [-0.25, -0.2) is 8.78 Å². The largest absolute Gasteiger partial charge is 0.340 e. The number of nitrogens with zero attached hydrogens (tertiary/aromatic N) is 1. The number of likely N-dealkylation sites (tertiary alicyclic amines) is 1. The number of benzene rings is 1. The molecule has 1 fully saturated rings. The molecule has 1 aliphatic rings. The number of halogens is 2. The average Bonchev–Trinajstić information content (AvgIpc) is 2.40. The Bertz CT molecular complexity index is 493. The van der Waals surface area contributed by atoms with Gasteiger partial charge in [0.1, 0.15) is 0 Å². The molecule has 1 saturated heterocycles. The lowest BCUT2D eigenvalue weighted by molar-refractivity contribution is -0.134. The zero-order valence-corrected chi connectivity index (χ0v) is 11.6. The van der Waals surface area contributed by atoms with Crippen LogP contribution in [0.5, 0.6) is 0 Å². The van der Waals surface area contributed by atoms with Gasteiger partial charge < -0.3 is 10.6 Å². The molecule has 1 aliphatic heterocycles. The van der Waals surface area contributed by atoms with Crippen molar-refractivity contribution in [3.05, 3.63) is 35.4 Å². The first-order valence-corrected chi connectivity index (χ1v) is 6.97. The number of aryl methyl sites for hydroxylation is 1. The van der Waals surface area contributed by atoms with Gasteiger partial charge in [0.2, 0.25) is 5.91 Å². The van der Waals surface area contributed by atoms with Crippen LogP contribution in [0.25, 0.3) is 0 Å². The Balaban J connectivity index is 1.93. The molecule has 1 heterocycles. The number of carbonyl (C=O) groups is 1. The summed E-state index contributed by atoms with van der Waals surface area (Å²) in [7, 11) is 0. The van der Waals surface area contributed by atoms with Crippen molar-refractivity contribution in [3.8, 4) is 0 Å². The summed E-state index contributed by atoms with van der Waals surface area (Å²) >= 11 is 0. The maximum Gasteiger partial charge on any atom is 0.223 e. The minimum atomic E-state index is -0.868. The first-order chi connectivity index (χ1) is 9.49. The highest BCUT2D eigenvalue weighted by molar-refractivity contribution is 5.76. The molecule has 2 rings (SSSR count). The Morgan fingerprint density at radius 2 is 2.20 bits per heavy atom. The number of amides is 1. The molecule has 0 saturated carbocycles. The fraction of sp³-hybridized carbons (Fsp3) is 0.533. The Morgan fingerprint density at radius 3 is 2.90 bits per heavy atom. The van der Waals surface area contributed by atoms with Gasteiger partial charge in [-0.3, -0.25) is 4.79 Å². The van der Waals surface area contributed by atoms with E-state index in [-0.39, 0.29) is 36.4 Å². The third-order valence-electron chi connectivity index (χ3n) is 3.88. The summed E-state index contributed by atoms with van der Waals surface area (Å²) < 4.78 is 26.6. The van der Waals surface area contributed by atoms with E-state index >= 15 is 0 Å². The molecule has 3 nitrogen and oxygen atoms in total.